The lowest BCUT2D eigenvalue weighted by molar-refractivity contribution is -0.379. The van der Waals surface area contributed by atoms with Crippen molar-refractivity contribution in [3.63, 3.8) is 0 Å². The van der Waals surface area contributed by atoms with Crippen LogP contribution < -0.4 is 5.32 Å². The molecule has 582 valence electrons. The Morgan fingerprint density at radius 1 is 0.370 bits per heavy atom. The first-order valence-corrected chi connectivity index (χ1v) is 40.2. The maximum absolute atomic E-state index is 13.4. The molecule has 0 spiro atoms. The number of amides is 1. The minimum atomic E-state index is -1.98. The summed E-state index contributed by atoms with van der Waals surface area (Å²) in [6.45, 7) is 1.62. The zero-order valence-corrected chi connectivity index (χ0v) is 62.2. The summed E-state index contributed by atoms with van der Waals surface area (Å²) < 4.78 is 34.4. The van der Waals surface area contributed by atoms with Gasteiger partial charge in [-0.1, -0.05) is 299 Å². The molecule has 100 heavy (non-hydrogen) atoms. The quantitative estimate of drug-likeness (QED) is 0.0199. The number of aliphatic hydroxyl groups is 11. The van der Waals surface area contributed by atoms with Gasteiger partial charge in [-0.3, -0.25) is 4.79 Å². The SMILES string of the molecule is CC/C=C\C/C=C\C/C=C\C/C=C\CCCCCCCCCCCCCCCCCCCCCCCCCCCCC(=O)NC(COC1OC(CO)C(OC2OC(CO)C(OC3OC(CO)C(O)C(O)C3O)C(O)C2O)C(O)C1O)C(O)/C=C/CC/C=C/CCCCCCCCCCCC. The molecule has 19 heteroatoms. The van der Waals surface area contributed by atoms with E-state index in [4.69, 9.17) is 28.4 Å². The number of aliphatic hydroxyl groups excluding tert-OH is 11. The third kappa shape index (κ3) is 41.2. The van der Waals surface area contributed by atoms with Crippen molar-refractivity contribution in [3.8, 4) is 0 Å². The highest BCUT2D eigenvalue weighted by Crippen LogP contribution is 2.33. The second kappa shape index (κ2) is 61.4. The average Bonchev–Trinajstić information content (AvgIpc) is 0.784. The van der Waals surface area contributed by atoms with Crippen LogP contribution in [0.5, 0.6) is 0 Å². The van der Waals surface area contributed by atoms with Crippen LogP contribution in [0.1, 0.15) is 303 Å². The molecule has 0 bridgehead atoms. The largest absolute Gasteiger partial charge is 0.394 e. The average molecular weight is 1420 g/mol. The van der Waals surface area contributed by atoms with Crippen LogP contribution in [-0.4, -0.2) is 193 Å². The number of ether oxygens (including phenoxy) is 6. The van der Waals surface area contributed by atoms with Crippen LogP contribution in [0.15, 0.2) is 72.9 Å². The number of hydrogen-bond acceptors (Lipinski definition) is 18. The number of rotatable bonds is 63. The van der Waals surface area contributed by atoms with Crippen molar-refractivity contribution in [1.82, 2.24) is 5.32 Å². The van der Waals surface area contributed by atoms with E-state index < -0.39 is 124 Å². The van der Waals surface area contributed by atoms with Gasteiger partial charge in [0.05, 0.1) is 38.6 Å². The van der Waals surface area contributed by atoms with Gasteiger partial charge in [-0.25, -0.2) is 0 Å². The third-order valence-electron chi connectivity index (χ3n) is 19.7. The maximum Gasteiger partial charge on any atom is 0.220 e. The molecule has 3 heterocycles. The van der Waals surface area contributed by atoms with Crippen molar-refractivity contribution >= 4 is 5.91 Å². The Balaban J connectivity index is 1.30. The van der Waals surface area contributed by atoms with E-state index >= 15 is 0 Å². The van der Waals surface area contributed by atoms with E-state index in [1.54, 1.807) is 6.08 Å². The summed E-state index contributed by atoms with van der Waals surface area (Å²) in [7, 11) is 0. The molecule has 0 saturated carbocycles. The predicted molar refractivity (Wildman–Crippen MR) is 397 cm³/mol. The van der Waals surface area contributed by atoms with E-state index in [0.29, 0.717) is 12.8 Å². The van der Waals surface area contributed by atoms with Gasteiger partial charge in [-0.15, -0.1) is 0 Å². The lowest BCUT2D eigenvalue weighted by Crippen LogP contribution is -2.66. The fourth-order valence-corrected chi connectivity index (χ4v) is 13.3. The summed E-state index contributed by atoms with van der Waals surface area (Å²) in [5, 5.41) is 121. The van der Waals surface area contributed by atoms with E-state index in [-0.39, 0.29) is 18.9 Å². The zero-order chi connectivity index (χ0) is 72.5. The molecular weight excluding hydrogens is 1270 g/mol. The Morgan fingerprint density at radius 3 is 1.12 bits per heavy atom. The van der Waals surface area contributed by atoms with Crippen LogP contribution in [0.3, 0.4) is 0 Å². The van der Waals surface area contributed by atoms with Crippen molar-refractivity contribution in [2.75, 3.05) is 26.4 Å². The van der Waals surface area contributed by atoms with Crippen LogP contribution in [0.2, 0.25) is 0 Å². The number of nitrogens with one attached hydrogen (secondary N) is 1. The van der Waals surface area contributed by atoms with Gasteiger partial charge in [0, 0.05) is 6.42 Å². The molecule has 0 aromatic rings. The third-order valence-corrected chi connectivity index (χ3v) is 19.7. The molecule has 17 unspecified atom stereocenters. The lowest BCUT2D eigenvalue weighted by atomic mass is 9.96. The fourth-order valence-electron chi connectivity index (χ4n) is 13.3. The molecule has 3 fully saturated rings. The summed E-state index contributed by atoms with van der Waals surface area (Å²) >= 11 is 0. The molecule has 0 aromatic carbocycles. The smallest absolute Gasteiger partial charge is 0.220 e. The number of hydrogen-bond donors (Lipinski definition) is 12. The van der Waals surface area contributed by atoms with Gasteiger partial charge in [-0.05, 0) is 70.6 Å². The fraction of sp³-hybridized carbons (Fsp3) is 0.840. The van der Waals surface area contributed by atoms with Gasteiger partial charge < -0.3 is 89.9 Å². The highest BCUT2D eigenvalue weighted by atomic mass is 16.8. The van der Waals surface area contributed by atoms with E-state index in [9.17, 15) is 61.0 Å². The molecule has 1 amide bonds. The molecule has 12 N–H and O–H groups in total. The predicted octanol–water partition coefficient (Wildman–Crippen LogP) is 13.2. The Hall–Kier alpha value is -2.77. The molecule has 3 aliphatic rings. The van der Waals surface area contributed by atoms with Crippen molar-refractivity contribution in [1.29, 1.82) is 0 Å². The highest BCUT2D eigenvalue weighted by molar-refractivity contribution is 5.76. The van der Waals surface area contributed by atoms with E-state index in [1.807, 2.05) is 6.08 Å². The first-order chi connectivity index (χ1) is 48.8. The highest BCUT2D eigenvalue weighted by Gasteiger charge is 2.54. The molecule has 17 atom stereocenters. The van der Waals surface area contributed by atoms with Crippen molar-refractivity contribution in [3.05, 3.63) is 72.9 Å². The Bertz CT molecular complexity index is 2090. The van der Waals surface area contributed by atoms with Gasteiger partial charge in [-0.2, -0.15) is 0 Å². The van der Waals surface area contributed by atoms with Gasteiger partial charge in [0.25, 0.3) is 0 Å². The van der Waals surface area contributed by atoms with Crippen LogP contribution in [0, 0.1) is 0 Å². The summed E-state index contributed by atoms with van der Waals surface area (Å²) in [4.78, 5) is 13.4. The molecule has 19 nitrogen and oxygen atoms in total. The van der Waals surface area contributed by atoms with E-state index in [0.717, 1.165) is 64.2 Å². The summed E-state index contributed by atoms with van der Waals surface area (Å²) in [5.41, 5.74) is 0. The zero-order valence-electron chi connectivity index (χ0n) is 62.2. The molecule has 0 aromatic heterocycles. The first-order valence-electron chi connectivity index (χ1n) is 40.2. The monoisotopic (exact) mass is 1420 g/mol. The Kier molecular flexibility index (Phi) is 56.1. The lowest BCUT2D eigenvalue weighted by Gasteiger charge is -2.48. The molecule has 3 saturated heterocycles. The minimum absolute atomic E-state index is 0.237. The Labute approximate surface area is 604 Å². The maximum atomic E-state index is 13.4. The van der Waals surface area contributed by atoms with Crippen LogP contribution in [0.25, 0.3) is 0 Å². The summed E-state index contributed by atoms with van der Waals surface area (Å²) in [6.07, 6.45) is 53.5. The normalized spacial score (nSPS) is 26.8. The standard InChI is InChI=1S/C81H145NO18/c1-3-5-7-9-11-13-15-17-19-21-22-23-24-25-26-27-28-29-30-31-32-33-34-35-36-37-38-39-40-41-42-43-45-47-49-51-53-55-57-59-69(87)82-64(65(86)58-56-54-52-50-48-46-44-20-18-16-14-12-10-8-6-4-2)63-95-79-75(93)72(90)77(67(61-84)97-79)100-81-76(94)73(91)78(68(62-85)98-81)99-80-74(92)71(89)70(88)66(60-83)96-80/h5,7,11,13,17,19,22-23,48,50,56,58,64-68,70-81,83-86,88-94H,3-4,6,8-10,12,14-16,18,20-21,24-47,49,51-55,57,59-63H2,1-2H3,(H,82,87)/b7-5-,13-11-,19-17-,23-22-,50-48+,58-56+. The molecular formula is C81H145NO18. The molecule has 3 aliphatic heterocycles. The van der Waals surface area contributed by atoms with Gasteiger partial charge in [0.15, 0.2) is 18.9 Å². The first kappa shape index (κ1) is 91.4. The number of carbonyl (C=O) groups is 1. The van der Waals surface area contributed by atoms with E-state index in [2.05, 4.69) is 79.9 Å². The second-order valence-electron chi connectivity index (χ2n) is 28.5. The van der Waals surface area contributed by atoms with Gasteiger partial charge in [0.1, 0.15) is 73.2 Å². The van der Waals surface area contributed by atoms with Crippen molar-refractivity contribution < 1.29 is 89.4 Å². The number of unbranched alkanes of at least 4 members (excludes halogenated alkanes) is 37. The van der Waals surface area contributed by atoms with Gasteiger partial charge in [0.2, 0.25) is 5.91 Å². The summed E-state index contributed by atoms with van der Waals surface area (Å²) in [6, 6.07) is -0.990. The summed E-state index contributed by atoms with van der Waals surface area (Å²) in [5.74, 6) is -0.282. The van der Waals surface area contributed by atoms with Crippen LogP contribution in [-0.2, 0) is 33.2 Å². The molecule has 0 radical (unpaired) electrons. The van der Waals surface area contributed by atoms with E-state index in [1.165, 1.54) is 205 Å². The van der Waals surface area contributed by atoms with Crippen LogP contribution in [0.4, 0.5) is 0 Å². The number of carbonyl (C=O) groups excluding carboxylic acids is 1. The van der Waals surface area contributed by atoms with Crippen molar-refractivity contribution in [2.45, 2.75) is 407 Å². The minimum Gasteiger partial charge on any atom is -0.394 e. The molecule has 0 aliphatic carbocycles. The Morgan fingerprint density at radius 2 is 0.700 bits per heavy atom. The van der Waals surface area contributed by atoms with Crippen LogP contribution >= 0.6 is 0 Å². The number of allylic oxidation sites excluding steroid dienone is 11. The topological polar surface area (TPSA) is 307 Å². The van der Waals surface area contributed by atoms with Crippen molar-refractivity contribution in [2.24, 2.45) is 0 Å². The second-order valence-corrected chi connectivity index (χ2v) is 28.5. The molecule has 3 rings (SSSR count). The van der Waals surface area contributed by atoms with Gasteiger partial charge >= 0.3 is 0 Å².